The summed E-state index contributed by atoms with van der Waals surface area (Å²) in [6.07, 6.45) is 1.87. The van der Waals surface area contributed by atoms with Gasteiger partial charge in [-0.2, -0.15) is 0 Å². The van der Waals surface area contributed by atoms with Gasteiger partial charge in [-0.3, -0.25) is 0 Å². The van der Waals surface area contributed by atoms with Crippen molar-refractivity contribution < 1.29 is 4.74 Å². The second-order valence-electron chi connectivity index (χ2n) is 1.80. The van der Waals surface area contributed by atoms with Crippen molar-refractivity contribution in [2.75, 3.05) is 7.11 Å². The third-order valence-corrected chi connectivity index (χ3v) is 1.70. The number of hydrogen-bond donors (Lipinski definition) is 0. The van der Waals surface area contributed by atoms with Gasteiger partial charge in [-0.1, -0.05) is 27.8 Å². The fraction of sp³-hybridized carbons (Fsp3) is 0.600. The molecule has 4 nitrogen and oxygen atoms in total. The van der Waals surface area contributed by atoms with Gasteiger partial charge in [0, 0.05) is 7.11 Å². The van der Waals surface area contributed by atoms with Crippen LogP contribution in [0.1, 0.15) is 5.69 Å². The van der Waals surface area contributed by atoms with E-state index in [1.807, 2.05) is 6.20 Å². The minimum Gasteiger partial charge on any atom is -0.378 e. The highest BCUT2D eigenvalue weighted by Gasteiger charge is 1.96. The maximum Gasteiger partial charge on any atom is 0.108 e. The van der Waals surface area contributed by atoms with Gasteiger partial charge in [-0.15, -0.1) is 5.10 Å². The molecule has 0 saturated heterocycles. The Kier molecular flexibility index (Phi) is 3.07. The zero-order valence-electron chi connectivity index (χ0n) is 5.62. The Labute approximate surface area is 72.7 Å². The average molecular weight is 253 g/mol. The first-order valence-electron chi connectivity index (χ1n) is 2.80. The Balaban J connectivity index is 2.59. The fourth-order valence-electron chi connectivity index (χ4n) is 0.611. The van der Waals surface area contributed by atoms with E-state index in [1.54, 1.807) is 11.8 Å². The molecule has 0 aliphatic heterocycles. The van der Waals surface area contributed by atoms with Crippen molar-refractivity contribution in [3.63, 3.8) is 0 Å². The van der Waals surface area contributed by atoms with Crippen molar-refractivity contribution in [2.24, 2.45) is 0 Å². The summed E-state index contributed by atoms with van der Waals surface area (Å²) < 4.78 is 7.45. The molecule has 1 aromatic heterocycles. The van der Waals surface area contributed by atoms with Crippen molar-refractivity contribution in [2.45, 2.75) is 11.2 Å². The van der Waals surface area contributed by atoms with E-state index in [9.17, 15) is 0 Å². The molecule has 0 amide bonds. The van der Waals surface area contributed by atoms with Gasteiger partial charge < -0.3 is 4.74 Å². The second-order valence-corrected chi connectivity index (χ2v) is 2.48. The molecule has 1 heterocycles. The van der Waals surface area contributed by atoms with Crippen molar-refractivity contribution in [1.29, 1.82) is 0 Å². The van der Waals surface area contributed by atoms with Gasteiger partial charge in [-0.25, -0.2) is 4.68 Å². The lowest BCUT2D eigenvalue weighted by molar-refractivity contribution is 0.181. The highest BCUT2D eigenvalue weighted by Crippen LogP contribution is 1.96. The van der Waals surface area contributed by atoms with Crippen LogP contribution in [0.5, 0.6) is 0 Å². The molecule has 0 aliphatic rings. The molecule has 0 fully saturated rings. The molecule has 0 atom stereocenters. The van der Waals surface area contributed by atoms with Gasteiger partial charge in [0.1, 0.15) is 5.69 Å². The number of alkyl halides is 1. The van der Waals surface area contributed by atoms with Crippen LogP contribution in [0.15, 0.2) is 6.20 Å². The second kappa shape index (κ2) is 3.87. The Bertz CT molecular complexity index is 201. The van der Waals surface area contributed by atoms with Crippen LogP contribution in [-0.4, -0.2) is 22.1 Å². The number of aromatic nitrogens is 3. The van der Waals surface area contributed by atoms with E-state index in [4.69, 9.17) is 4.74 Å². The predicted molar refractivity (Wildman–Crippen MR) is 44.8 cm³/mol. The molecule has 0 radical (unpaired) electrons. The first kappa shape index (κ1) is 7.93. The maximum absolute atomic E-state index is 4.87. The van der Waals surface area contributed by atoms with Crippen LogP contribution >= 0.6 is 22.6 Å². The zero-order chi connectivity index (χ0) is 7.40. The summed E-state index contributed by atoms with van der Waals surface area (Å²) in [4.78, 5) is 0. The molecule has 0 N–H and O–H groups in total. The van der Waals surface area contributed by atoms with Crippen molar-refractivity contribution in [3.8, 4) is 0 Å². The van der Waals surface area contributed by atoms with E-state index in [-0.39, 0.29) is 0 Å². The first-order valence-corrected chi connectivity index (χ1v) is 4.33. The summed E-state index contributed by atoms with van der Waals surface area (Å²) in [6.45, 7) is 0.538. The molecule has 0 saturated carbocycles. The lowest BCUT2D eigenvalue weighted by atomic mass is 10.5. The standard InChI is InChI=1S/C5H8IN3O/c1-10-3-5-2-9(4-6)8-7-5/h2H,3-4H2,1H3. The largest absolute Gasteiger partial charge is 0.378 e. The number of methoxy groups -OCH3 is 1. The molecule has 1 aromatic rings. The quantitative estimate of drug-likeness (QED) is 0.591. The molecule has 10 heavy (non-hydrogen) atoms. The smallest absolute Gasteiger partial charge is 0.108 e. The van der Waals surface area contributed by atoms with Crippen LogP contribution in [0.3, 0.4) is 0 Å². The Hall–Kier alpha value is -0.170. The van der Waals surface area contributed by atoms with Crippen molar-refractivity contribution >= 4 is 22.6 Å². The molecule has 5 heteroatoms. The van der Waals surface area contributed by atoms with Crippen LogP contribution in [0, 0.1) is 0 Å². The van der Waals surface area contributed by atoms with Gasteiger partial charge in [0.2, 0.25) is 0 Å². The minimum atomic E-state index is 0.538. The van der Waals surface area contributed by atoms with Gasteiger partial charge in [-0.05, 0) is 0 Å². The number of ether oxygens (including phenoxy) is 1. The van der Waals surface area contributed by atoms with Gasteiger partial charge in [0.25, 0.3) is 0 Å². The van der Waals surface area contributed by atoms with Crippen molar-refractivity contribution in [3.05, 3.63) is 11.9 Å². The van der Waals surface area contributed by atoms with Crippen molar-refractivity contribution in [1.82, 2.24) is 15.0 Å². The van der Waals surface area contributed by atoms with Gasteiger partial charge >= 0.3 is 0 Å². The topological polar surface area (TPSA) is 39.9 Å². The van der Waals surface area contributed by atoms with E-state index in [0.717, 1.165) is 10.2 Å². The van der Waals surface area contributed by atoms with E-state index in [2.05, 4.69) is 32.9 Å². The lowest BCUT2D eigenvalue weighted by Crippen LogP contribution is -1.90. The van der Waals surface area contributed by atoms with Crippen LogP contribution in [-0.2, 0) is 15.9 Å². The molecular weight excluding hydrogens is 245 g/mol. The first-order chi connectivity index (χ1) is 4.86. The summed E-state index contributed by atoms with van der Waals surface area (Å²) in [5, 5.41) is 7.69. The molecular formula is C5H8IN3O. The number of halogens is 1. The van der Waals surface area contributed by atoms with Crippen LogP contribution in [0.2, 0.25) is 0 Å². The summed E-state index contributed by atoms with van der Waals surface area (Å²) in [7, 11) is 1.64. The zero-order valence-corrected chi connectivity index (χ0v) is 7.78. The van der Waals surface area contributed by atoms with E-state index >= 15 is 0 Å². The molecule has 0 aromatic carbocycles. The van der Waals surface area contributed by atoms with E-state index in [0.29, 0.717) is 6.61 Å². The molecule has 0 aliphatic carbocycles. The highest BCUT2D eigenvalue weighted by atomic mass is 127. The molecule has 1 rings (SSSR count). The average Bonchev–Trinajstić information content (AvgIpc) is 2.37. The van der Waals surface area contributed by atoms with Gasteiger partial charge in [0.05, 0.1) is 17.4 Å². The van der Waals surface area contributed by atoms with E-state index < -0.39 is 0 Å². The SMILES string of the molecule is COCc1cn(CI)nn1. The Morgan fingerprint density at radius 3 is 3.10 bits per heavy atom. The monoisotopic (exact) mass is 253 g/mol. The van der Waals surface area contributed by atoms with E-state index in [1.165, 1.54) is 0 Å². The molecule has 56 valence electrons. The summed E-state index contributed by atoms with van der Waals surface area (Å²) in [5.74, 6) is 0. The Morgan fingerprint density at radius 2 is 2.60 bits per heavy atom. The predicted octanol–water partition coefficient (Wildman–Crippen LogP) is 0.817. The summed E-state index contributed by atoms with van der Waals surface area (Å²) in [6, 6.07) is 0. The van der Waals surface area contributed by atoms with Crippen LogP contribution in [0.25, 0.3) is 0 Å². The third-order valence-electron chi connectivity index (χ3n) is 1.00. The highest BCUT2D eigenvalue weighted by molar-refractivity contribution is 14.1. The fourth-order valence-corrected chi connectivity index (χ4v) is 0.944. The Morgan fingerprint density at radius 1 is 1.80 bits per heavy atom. The molecule has 0 spiro atoms. The summed E-state index contributed by atoms with van der Waals surface area (Å²) in [5.41, 5.74) is 0.874. The van der Waals surface area contributed by atoms with Gasteiger partial charge in [0.15, 0.2) is 0 Å². The normalized spacial score (nSPS) is 10.2. The number of nitrogens with zero attached hydrogens (tertiary/aromatic N) is 3. The molecule has 0 bridgehead atoms. The van der Waals surface area contributed by atoms with Crippen LogP contribution < -0.4 is 0 Å². The molecule has 0 unspecified atom stereocenters. The summed E-state index contributed by atoms with van der Waals surface area (Å²) >= 11 is 2.21. The minimum absolute atomic E-state index is 0.538. The number of rotatable bonds is 3. The number of hydrogen-bond acceptors (Lipinski definition) is 3. The third kappa shape index (κ3) is 1.91. The van der Waals surface area contributed by atoms with Crippen LogP contribution in [0.4, 0.5) is 0 Å². The maximum atomic E-state index is 4.87. The lowest BCUT2D eigenvalue weighted by Gasteiger charge is -1.88.